The summed E-state index contributed by atoms with van der Waals surface area (Å²) in [6.07, 6.45) is 3.74. The van der Waals surface area contributed by atoms with Gasteiger partial charge < -0.3 is 14.8 Å². The van der Waals surface area contributed by atoms with E-state index in [1.165, 1.54) is 11.1 Å². The van der Waals surface area contributed by atoms with Crippen molar-refractivity contribution in [2.75, 3.05) is 13.2 Å². The summed E-state index contributed by atoms with van der Waals surface area (Å²) in [6.45, 7) is 6.49. The van der Waals surface area contributed by atoms with Gasteiger partial charge in [-0.25, -0.2) is 4.68 Å². The predicted octanol–water partition coefficient (Wildman–Crippen LogP) is 4.13. The van der Waals surface area contributed by atoms with Crippen LogP contribution in [0.2, 0.25) is 0 Å². The number of nitrogens with one attached hydrogen (secondary N) is 1. The Morgan fingerprint density at radius 1 is 1.04 bits per heavy atom. The van der Waals surface area contributed by atoms with E-state index < -0.39 is 0 Å². The summed E-state index contributed by atoms with van der Waals surface area (Å²) in [5.41, 5.74) is 3.53. The van der Waals surface area contributed by atoms with Crippen molar-refractivity contribution < 1.29 is 9.47 Å². The van der Waals surface area contributed by atoms with Gasteiger partial charge in [-0.2, -0.15) is 5.10 Å². The minimum Gasteiger partial charge on any atom is -0.486 e. The molecule has 0 bridgehead atoms. The van der Waals surface area contributed by atoms with Crippen LogP contribution >= 0.6 is 0 Å². The van der Waals surface area contributed by atoms with Gasteiger partial charge in [0.05, 0.1) is 5.69 Å². The first-order chi connectivity index (χ1) is 13.2. The number of ether oxygens (including phenoxy) is 2. The van der Waals surface area contributed by atoms with Gasteiger partial charge in [0.15, 0.2) is 11.5 Å². The predicted molar refractivity (Wildman–Crippen MR) is 105 cm³/mol. The molecule has 1 aromatic heterocycles. The molecule has 0 saturated heterocycles. The van der Waals surface area contributed by atoms with Crippen molar-refractivity contribution in [3.8, 4) is 17.2 Å². The number of aromatic nitrogens is 2. The van der Waals surface area contributed by atoms with Crippen molar-refractivity contribution in [2.24, 2.45) is 5.92 Å². The molecule has 27 heavy (non-hydrogen) atoms. The summed E-state index contributed by atoms with van der Waals surface area (Å²) >= 11 is 0. The normalized spacial score (nSPS) is 14.3. The lowest BCUT2D eigenvalue weighted by Gasteiger charge is -2.25. The van der Waals surface area contributed by atoms with Crippen LogP contribution < -0.4 is 14.8 Å². The maximum Gasteiger partial charge on any atom is 0.161 e. The second-order valence-corrected chi connectivity index (χ2v) is 7.12. The fourth-order valence-corrected chi connectivity index (χ4v) is 3.41. The maximum absolute atomic E-state index is 5.74. The van der Waals surface area contributed by atoms with E-state index in [9.17, 15) is 0 Å². The fourth-order valence-electron chi connectivity index (χ4n) is 3.41. The molecule has 140 valence electrons. The van der Waals surface area contributed by atoms with Crippen LogP contribution in [0.25, 0.3) is 5.69 Å². The molecule has 1 N–H and O–H groups in total. The Bertz CT molecular complexity index is 873. The van der Waals surface area contributed by atoms with Gasteiger partial charge in [0.2, 0.25) is 0 Å². The average Bonchev–Trinajstić information content (AvgIpc) is 3.23. The zero-order chi connectivity index (χ0) is 18.6. The largest absolute Gasteiger partial charge is 0.486 e. The van der Waals surface area contributed by atoms with Crippen molar-refractivity contribution in [2.45, 2.75) is 26.4 Å². The van der Waals surface area contributed by atoms with E-state index in [0.717, 1.165) is 23.7 Å². The number of hydrogen-bond acceptors (Lipinski definition) is 4. The molecule has 0 spiro atoms. The Morgan fingerprint density at radius 2 is 1.81 bits per heavy atom. The molecule has 5 heteroatoms. The molecule has 1 aliphatic rings. The molecular formula is C22H25N3O2. The van der Waals surface area contributed by atoms with Gasteiger partial charge in [-0.05, 0) is 47.4 Å². The summed E-state index contributed by atoms with van der Waals surface area (Å²) in [5, 5.41) is 7.96. The second-order valence-electron chi connectivity index (χ2n) is 7.12. The van der Waals surface area contributed by atoms with Crippen LogP contribution in [0.15, 0.2) is 60.9 Å². The molecule has 5 nitrogen and oxygen atoms in total. The fraction of sp³-hybridized carbons (Fsp3) is 0.318. The van der Waals surface area contributed by atoms with E-state index in [0.29, 0.717) is 19.1 Å². The Kier molecular flexibility index (Phi) is 5.12. The number of rotatable bonds is 6. The Hall–Kier alpha value is -2.79. The summed E-state index contributed by atoms with van der Waals surface area (Å²) in [6, 6.07) is 16.9. The highest BCUT2D eigenvalue weighted by molar-refractivity contribution is 5.45. The van der Waals surface area contributed by atoms with Gasteiger partial charge in [0, 0.05) is 25.0 Å². The van der Waals surface area contributed by atoms with Crippen LogP contribution in [0.1, 0.15) is 31.0 Å². The van der Waals surface area contributed by atoms with Gasteiger partial charge in [-0.3, -0.25) is 0 Å². The summed E-state index contributed by atoms with van der Waals surface area (Å²) < 4.78 is 13.2. The molecule has 2 aromatic carbocycles. The zero-order valence-corrected chi connectivity index (χ0v) is 15.8. The quantitative estimate of drug-likeness (QED) is 0.715. The monoisotopic (exact) mass is 363 g/mol. The van der Waals surface area contributed by atoms with Crippen LogP contribution in [0.5, 0.6) is 11.5 Å². The molecule has 0 amide bonds. The van der Waals surface area contributed by atoms with Gasteiger partial charge >= 0.3 is 0 Å². The topological polar surface area (TPSA) is 48.3 Å². The zero-order valence-electron chi connectivity index (χ0n) is 15.8. The van der Waals surface area contributed by atoms with Crippen molar-refractivity contribution in [1.82, 2.24) is 15.1 Å². The van der Waals surface area contributed by atoms with Crippen molar-refractivity contribution >= 4 is 0 Å². The molecule has 3 aromatic rings. The van der Waals surface area contributed by atoms with E-state index in [1.807, 2.05) is 23.0 Å². The first-order valence-electron chi connectivity index (χ1n) is 9.42. The SMILES string of the molecule is CC(C)C(NCc1ccc(-n2cccn2)cc1)c1ccc2c(c1)OCCO2. The molecule has 2 heterocycles. The first kappa shape index (κ1) is 17.6. The third-order valence-corrected chi connectivity index (χ3v) is 4.82. The third-order valence-electron chi connectivity index (χ3n) is 4.82. The molecule has 1 aliphatic heterocycles. The van der Waals surface area contributed by atoms with Crippen LogP contribution in [0.3, 0.4) is 0 Å². The molecule has 0 fully saturated rings. The summed E-state index contributed by atoms with van der Waals surface area (Å²) in [4.78, 5) is 0. The standard InChI is InChI=1S/C22H25N3O2/c1-16(2)22(18-6-9-20-21(14-18)27-13-12-26-20)23-15-17-4-7-19(8-5-17)25-11-3-10-24-25/h3-11,14,16,22-23H,12-13,15H2,1-2H3. The molecule has 0 aliphatic carbocycles. The van der Waals surface area contributed by atoms with E-state index in [1.54, 1.807) is 6.20 Å². The minimum atomic E-state index is 0.242. The van der Waals surface area contributed by atoms with E-state index in [2.05, 4.69) is 60.7 Å². The summed E-state index contributed by atoms with van der Waals surface area (Å²) in [7, 11) is 0. The molecule has 0 radical (unpaired) electrons. The number of nitrogens with zero attached hydrogens (tertiary/aromatic N) is 2. The van der Waals surface area contributed by atoms with Crippen molar-refractivity contribution in [3.05, 3.63) is 72.1 Å². The highest BCUT2D eigenvalue weighted by atomic mass is 16.6. The van der Waals surface area contributed by atoms with Crippen LogP contribution in [0, 0.1) is 5.92 Å². The van der Waals surface area contributed by atoms with Crippen LogP contribution in [-0.4, -0.2) is 23.0 Å². The third kappa shape index (κ3) is 3.98. The van der Waals surface area contributed by atoms with Crippen molar-refractivity contribution in [1.29, 1.82) is 0 Å². The van der Waals surface area contributed by atoms with Gasteiger partial charge in [-0.15, -0.1) is 0 Å². The highest BCUT2D eigenvalue weighted by Crippen LogP contribution is 2.34. The lowest BCUT2D eigenvalue weighted by Crippen LogP contribution is -2.25. The van der Waals surface area contributed by atoms with Gasteiger partial charge in [-0.1, -0.05) is 32.0 Å². The molecule has 4 rings (SSSR count). The molecule has 1 atom stereocenters. The number of benzene rings is 2. The van der Waals surface area contributed by atoms with E-state index >= 15 is 0 Å². The molecular weight excluding hydrogens is 338 g/mol. The lowest BCUT2D eigenvalue weighted by atomic mass is 9.95. The molecule has 1 unspecified atom stereocenters. The minimum absolute atomic E-state index is 0.242. The first-order valence-corrected chi connectivity index (χ1v) is 9.42. The van der Waals surface area contributed by atoms with Gasteiger partial charge in [0.25, 0.3) is 0 Å². The highest BCUT2D eigenvalue weighted by Gasteiger charge is 2.19. The summed E-state index contributed by atoms with van der Waals surface area (Å²) in [5.74, 6) is 2.13. The Balaban J connectivity index is 1.46. The number of fused-ring (bicyclic) bond motifs is 1. The average molecular weight is 363 g/mol. The van der Waals surface area contributed by atoms with Gasteiger partial charge in [0.1, 0.15) is 13.2 Å². The van der Waals surface area contributed by atoms with E-state index in [-0.39, 0.29) is 6.04 Å². The number of hydrogen-bond donors (Lipinski definition) is 1. The Labute approximate surface area is 159 Å². The van der Waals surface area contributed by atoms with E-state index in [4.69, 9.17) is 9.47 Å². The smallest absolute Gasteiger partial charge is 0.161 e. The Morgan fingerprint density at radius 3 is 2.52 bits per heavy atom. The second kappa shape index (κ2) is 7.84. The molecule has 0 saturated carbocycles. The van der Waals surface area contributed by atoms with Crippen LogP contribution in [0.4, 0.5) is 0 Å². The van der Waals surface area contributed by atoms with Crippen LogP contribution in [-0.2, 0) is 6.54 Å². The van der Waals surface area contributed by atoms with Crippen molar-refractivity contribution in [3.63, 3.8) is 0 Å². The lowest BCUT2D eigenvalue weighted by molar-refractivity contribution is 0.171. The maximum atomic E-state index is 5.74.